The zero-order chi connectivity index (χ0) is 13.9. The van der Waals surface area contributed by atoms with Crippen LogP contribution < -0.4 is 5.32 Å². The molecule has 1 fully saturated rings. The quantitative estimate of drug-likeness (QED) is 0.839. The van der Waals surface area contributed by atoms with Crippen molar-refractivity contribution < 1.29 is 0 Å². The second kappa shape index (κ2) is 6.36. The third kappa shape index (κ3) is 3.79. The molecule has 1 aromatic heterocycles. The molecule has 1 unspecified atom stereocenters. The number of rotatable bonds is 5. The minimum Gasteiger partial charge on any atom is -0.307 e. The number of hydrogen-bond donors (Lipinski definition) is 1. The highest BCUT2D eigenvalue weighted by Crippen LogP contribution is 2.40. The normalized spacial score (nSPS) is 26.3. The molecule has 2 rings (SSSR count). The first-order valence-corrected chi connectivity index (χ1v) is 8.55. The largest absolute Gasteiger partial charge is 0.307 e. The van der Waals surface area contributed by atoms with E-state index in [1.54, 1.807) is 11.3 Å². The molecule has 0 aromatic carbocycles. The average Bonchev–Trinajstić information content (AvgIpc) is 2.93. The Kier molecular flexibility index (Phi) is 5.02. The van der Waals surface area contributed by atoms with Crippen LogP contribution in [0, 0.1) is 11.3 Å². The zero-order valence-corrected chi connectivity index (χ0v) is 13.6. The molecule has 1 aromatic rings. The van der Waals surface area contributed by atoms with E-state index in [-0.39, 0.29) is 0 Å². The van der Waals surface area contributed by atoms with E-state index < -0.39 is 0 Å². The van der Waals surface area contributed by atoms with Gasteiger partial charge in [-0.15, -0.1) is 11.3 Å². The molecule has 0 amide bonds. The SMILES string of the molecule is CCC(C)(C)C1CCC(NC(C)c2cncs2)CC1. The molecule has 0 spiro atoms. The van der Waals surface area contributed by atoms with Crippen molar-refractivity contribution in [3.05, 3.63) is 16.6 Å². The Balaban J connectivity index is 1.81. The van der Waals surface area contributed by atoms with E-state index >= 15 is 0 Å². The number of nitrogens with zero attached hydrogens (tertiary/aromatic N) is 1. The summed E-state index contributed by atoms with van der Waals surface area (Å²) in [6.45, 7) is 9.46. The third-order valence-electron chi connectivity index (χ3n) is 5.11. The molecule has 1 saturated carbocycles. The monoisotopic (exact) mass is 280 g/mol. The molecule has 1 aliphatic rings. The summed E-state index contributed by atoms with van der Waals surface area (Å²) in [7, 11) is 0. The summed E-state index contributed by atoms with van der Waals surface area (Å²) in [5, 5.41) is 3.78. The molecule has 1 aliphatic carbocycles. The van der Waals surface area contributed by atoms with Crippen molar-refractivity contribution in [2.24, 2.45) is 11.3 Å². The molecule has 108 valence electrons. The van der Waals surface area contributed by atoms with Gasteiger partial charge >= 0.3 is 0 Å². The fourth-order valence-corrected chi connectivity index (χ4v) is 3.84. The van der Waals surface area contributed by atoms with Gasteiger partial charge in [0, 0.05) is 23.2 Å². The summed E-state index contributed by atoms with van der Waals surface area (Å²) in [5.74, 6) is 0.911. The van der Waals surface area contributed by atoms with E-state index in [2.05, 4.69) is 38.0 Å². The summed E-state index contributed by atoms with van der Waals surface area (Å²) in [4.78, 5) is 5.53. The maximum atomic E-state index is 4.17. The lowest BCUT2D eigenvalue weighted by atomic mass is 9.69. The van der Waals surface area contributed by atoms with E-state index in [0.717, 1.165) is 5.92 Å². The standard InChI is InChI=1S/C16H28N2S/c1-5-16(3,4)13-6-8-14(9-7-13)18-12(2)15-10-17-11-19-15/h10-14,18H,5-9H2,1-4H3. The molecule has 2 nitrogen and oxygen atoms in total. The van der Waals surface area contributed by atoms with Crippen LogP contribution in [0.1, 0.15) is 70.7 Å². The van der Waals surface area contributed by atoms with Gasteiger partial charge in [0.2, 0.25) is 0 Å². The predicted molar refractivity (Wildman–Crippen MR) is 83.5 cm³/mol. The average molecular weight is 280 g/mol. The topological polar surface area (TPSA) is 24.9 Å². The smallest absolute Gasteiger partial charge is 0.0794 e. The van der Waals surface area contributed by atoms with Crippen molar-refractivity contribution in [3.8, 4) is 0 Å². The third-order valence-corrected chi connectivity index (χ3v) is 6.07. The lowest BCUT2D eigenvalue weighted by Crippen LogP contribution is -2.37. The van der Waals surface area contributed by atoms with Crippen LogP contribution in [0.3, 0.4) is 0 Å². The van der Waals surface area contributed by atoms with Crippen molar-refractivity contribution in [3.63, 3.8) is 0 Å². The second-order valence-corrected chi connectivity index (χ2v) is 7.60. The number of thiazole rings is 1. The first-order chi connectivity index (χ1) is 9.03. The van der Waals surface area contributed by atoms with Crippen molar-refractivity contribution >= 4 is 11.3 Å². The summed E-state index contributed by atoms with van der Waals surface area (Å²) >= 11 is 1.75. The second-order valence-electron chi connectivity index (χ2n) is 6.68. The van der Waals surface area contributed by atoms with Crippen LogP contribution in [-0.2, 0) is 0 Å². The Bertz CT molecular complexity index is 364. The van der Waals surface area contributed by atoms with E-state index in [0.29, 0.717) is 17.5 Å². The number of nitrogens with one attached hydrogen (secondary N) is 1. The molecule has 1 N–H and O–H groups in total. The summed E-state index contributed by atoms with van der Waals surface area (Å²) in [6.07, 6.45) is 8.72. The molecule has 3 heteroatoms. The highest BCUT2D eigenvalue weighted by atomic mass is 32.1. The van der Waals surface area contributed by atoms with E-state index in [9.17, 15) is 0 Å². The van der Waals surface area contributed by atoms with E-state index in [4.69, 9.17) is 0 Å². The predicted octanol–water partition coefficient (Wildman–Crippen LogP) is 4.79. The van der Waals surface area contributed by atoms with Gasteiger partial charge in [0.1, 0.15) is 0 Å². The molecular formula is C16H28N2S. The fourth-order valence-electron chi connectivity index (χ4n) is 3.21. The molecule has 0 saturated heterocycles. The van der Waals surface area contributed by atoms with Crippen LogP contribution in [0.4, 0.5) is 0 Å². The van der Waals surface area contributed by atoms with Gasteiger partial charge in [0.15, 0.2) is 0 Å². The maximum Gasteiger partial charge on any atom is 0.0794 e. The van der Waals surface area contributed by atoms with Gasteiger partial charge in [-0.2, -0.15) is 0 Å². The van der Waals surface area contributed by atoms with Crippen molar-refractivity contribution in [2.45, 2.75) is 71.9 Å². The van der Waals surface area contributed by atoms with Crippen molar-refractivity contribution in [2.75, 3.05) is 0 Å². The minimum atomic E-state index is 0.452. The molecule has 19 heavy (non-hydrogen) atoms. The van der Waals surface area contributed by atoms with Gasteiger partial charge in [-0.3, -0.25) is 4.98 Å². The van der Waals surface area contributed by atoms with Gasteiger partial charge in [0.05, 0.1) is 5.51 Å². The van der Waals surface area contributed by atoms with Crippen molar-refractivity contribution in [1.29, 1.82) is 0 Å². The lowest BCUT2D eigenvalue weighted by Gasteiger charge is -2.39. The van der Waals surface area contributed by atoms with Crippen LogP contribution in [0.15, 0.2) is 11.7 Å². The Morgan fingerprint density at radius 2 is 2.05 bits per heavy atom. The van der Waals surface area contributed by atoms with Crippen molar-refractivity contribution in [1.82, 2.24) is 10.3 Å². The summed E-state index contributed by atoms with van der Waals surface area (Å²) < 4.78 is 0. The maximum absolute atomic E-state index is 4.17. The molecule has 1 heterocycles. The van der Waals surface area contributed by atoms with E-state index in [1.165, 1.54) is 37.0 Å². The highest BCUT2D eigenvalue weighted by Gasteiger charge is 2.32. The van der Waals surface area contributed by atoms with Crippen LogP contribution in [0.25, 0.3) is 0 Å². The lowest BCUT2D eigenvalue weighted by molar-refractivity contribution is 0.134. The number of aromatic nitrogens is 1. The highest BCUT2D eigenvalue weighted by molar-refractivity contribution is 7.09. The van der Waals surface area contributed by atoms with Gasteiger partial charge in [-0.1, -0.05) is 27.2 Å². The Labute approximate surface area is 122 Å². The van der Waals surface area contributed by atoms with Gasteiger partial charge in [-0.25, -0.2) is 0 Å². The fraction of sp³-hybridized carbons (Fsp3) is 0.812. The Morgan fingerprint density at radius 1 is 1.37 bits per heavy atom. The van der Waals surface area contributed by atoms with Crippen LogP contribution in [0.2, 0.25) is 0 Å². The zero-order valence-electron chi connectivity index (χ0n) is 12.8. The molecule has 0 aliphatic heterocycles. The van der Waals surface area contributed by atoms with Crippen LogP contribution in [0.5, 0.6) is 0 Å². The summed E-state index contributed by atoms with van der Waals surface area (Å²) in [6, 6.07) is 1.15. The van der Waals surface area contributed by atoms with E-state index in [1.807, 2.05) is 11.7 Å². The minimum absolute atomic E-state index is 0.452. The Hall–Kier alpha value is -0.410. The van der Waals surface area contributed by atoms with Gasteiger partial charge < -0.3 is 5.32 Å². The molecular weight excluding hydrogens is 252 g/mol. The van der Waals surface area contributed by atoms with Crippen LogP contribution >= 0.6 is 11.3 Å². The molecule has 0 bridgehead atoms. The summed E-state index contributed by atoms with van der Waals surface area (Å²) in [5.41, 5.74) is 2.45. The molecule has 0 radical (unpaired) electrons. The van der Waals surface area contributed by atoms with Gasteiger partial charge in [-0.05, 0) is 43.9 Å². The first-order valence-electron chi connectivity index (χ1n) is 7.67. The Morgan fingerprint density at radius 3 is 2.58 bits per heavy atom. The van der Waals surface area contributed by atoms with Crippen LogP contribution in [-0.4, -0.2) is 11.0 Å². The molecule has 1 atom stereocenters. The van der Waals surface area contributed by atoms with Gasteiger partial charge in [0.25, 0.3) is 0 Å². The first kappa shape index (κ1) is 15.0. The number of hydrogen-bond acceptors (Lipinski definition) is 3.